The highest BCUT2D eigenvalue weighted by atomic mass is 16.1. The van der Waals surface area contributed by atoms with Crippen molar-refractivity contribution in [1.29, 1.82) is 0 Å². The van der Waals surface area contributed by atoms with Crippen molar-refractivity contribution >= 4 is 5.91 Å². The molecule has 126 valence electrons. The molecule has 2 aliphatic carbocycles. The van der Waals surface area contributed by atoms with Crippen molar-refractivity contribution in [2.45, 2.75) is 44.2 Å². The number of nitrogens with two attached hydrogens (primary N) is 1. The Hall–Kier alpha value is -2.28. The molecule has 2 aliphatic rings. The Labute approximate surface area is 140 Å². The Kier molecular flexibility index (Phi) is 4.02. The van der Waals surface area contributed by atoms with Gasteiger partial charge in [0.2, 0.25) is 0 Å². The number of hydrogen-bond acceptors (Lipinski definition) is 5. The van der Waals surface area contributed by atoms with Gasteiger partial charge in [0.25, 0.3) is 5.91 Å². The Bertz CT molecular complexity index is 702. The molecule has 0 spiro atoms. The van der Waals surface area contributed by atoms with Crippen molar-refractivity contribution in [1.82, 2.24) is 25.1 Å². The van der Waals surface area contributed by atoms with E-state index in [-0.39, 0.29) is 18.0 Å². The van der Waals surface area contributed by atoms with Crippen LogP contribution in [0.2, 0.25) is 0 Å². The minimum atomic E-state index is -0.0452. The fourth-order valence-corrected chi connectivity index (χ4v) is 4.27. The monoisotopic (exact) mass is 326 g/mol. The second-order valence-electron chi connectivity index (χ2n) is 6.92. The zero-order chi connectivity index (χ0) is 16.5. The van der Waals surface area contributed by atoms with Gasteiger partial charge in [-0.15, -0.1) is 0 Å². The molecule has 2 bridgehead atoms. The van der Waals surface area contributed by atoms with Crippen LogP contribution < -0.4 is 11.1 Å². The summed E-state index contributed by atoms with van der Waals surface area (Å²) in [6.45, 7) is 0. The molecule has 0 radical (unpaired) electrons. The highest BCUT2D eigenvalue weighted by molar-refractivity contribution is 5.94. The van der Waals surface area contributed by atoms with Gasteiger partial charge in [-0.2, -0.15) is 5.10 Å². The van der Waals surface area contributed by atoms with Crippen molar-refractivity contribution in [3.63, 3.8) is 0 Å². The van der Waals surface area contributed by atoms with Gasteiger partial charge < -0.3 is 11.1 Å². The largest absolute Gasteiger partial charge is 0.349 e. The van der Waals surface area contributed by atoms with E-state index in [0.717, 1.165) is 25.7 Å². The van der Waals surface area contributed by atoms with E-state index >= 15 is 0 Å². The Morgan fingerprint density at radius 1 is 1.29 bits per heavy atom. The van der Waals surface area contributed by atoms with Crippen LogP contribution in [0.5, 0.6) is 0 Å². The fourth-order valence-electron chi connectivity index (χ4n) is 4.27. The molecule has 2 unspecified atom stereocenters. The third-order valence-electron chi connectivity index (χ3n) is 5.34. The van der Waals surface area contributed by atoms with Crippen molar-refractivity contribution < 1.29 is 4.79 Å². The molecule has 24 heavy (non-hydrogen) atoms. The van der Waals surface area contributed by atoms with Crippen LogP contribution in [0.25, 0.3) is 5.82 Å². The van der Waals surface area contributed by atoms with Crippen molar-refractivity contribution in [2.75, 3.05) is 0 Å². The van der Waals surface area contributed by atoms with Gasteiger partial charge in [0, 0.05) is 23.8 Å². The summed E-state index contributed by atoms with van der Waals surface area (Å²) in [6, 6.07) is 4.01. The van der Waals surface area contributed by atoms with E-state index in [1.54, 1.807) is 29.3 Å². The smallest absolute Gasteiger partial charge is 0.251 e. The molecule has 7 nitrogen and oxygen atoms in total. The van der Waals surface area contributed by atoms with E-state index in [1.165, 1.54) is 12.7 Å². The maximum atomic E-state index is 12.7. The average Bonchev–Trinajstić information content (AvgIpc) is 3.10. The maximum absolute atomic E-state index is 12.7. The number of amides is 1. The summed E-state index contributed by atoms with van der Waals surface area (Å²) in [5, 5.41) is 7.32. The lowest BCUT2D eigenvalue weighted by atomic mass is 9.67. The molecule has 2 atom stereocenters. The van der Waals surface area contributed by atoms with Crippen LogP contribution in [0.15, 0.2) is 31.0 Å². The highest BCUT2D eigenvalue weighted by Gasteiger charge is 2.39. The number of pyridine rings is 1. The highest BCUT2D eigenvalue weighted by Crippen LogP contribution is 2.39. The first-order valence-corrected chi connectivity index (χ1v) is 8.58. The normalized spacial score (nSPS) is 29.2. The molecular weight excluding hydrogens is 304 g/mol. The van der Waals surface area contributed by atoms with Crippen molar-refractivity contribution in [3.8, 4) is 5.82 Å². The molecule has 0 saturated heterocycles. The molecule has 2 saturated carbocycles. The van der Waals surface area contributed by atoms with Crippen LogP contribution in [-0.2, 0) is 0 Å². The molecule has 2 aromatic rings. The van der Waals surface area contributed by atoms with Gasteiger partial charge in [0.1, 0.15) is 12.7 Å². The summed E-state index contributed by atoms with van der Waals surface area (Å²) in [4.78, 5) is 20.9. The van der Waals surface area contributed by atoms with E-state index in [0.29, 0.717) is 23.2 Å². The predicted octanol–water partition coefficient (Wildman–Crippen LogP) is 1.30. The van der Waals surface area contributed by atoms with Gasteiger partial charge in [0.05, 0.1) is 0 Å². The number of rotatable bonds is 3. The van der Waals surface area contributed by atoms with Crippen LogP contribution in [0.4, 0.5) is 0 Å². The second-order valence-corrected chi connectivity index (χ2v) is 6.92. The summed E-state index contributed by atoms with van der Waals surface area (Å²) < 4.78 is 1.55. The zero-order valence-corrected chi connectivity index (χ0v) is 13.5. The minimum absolute atomic E-state index is 0.0452. The average molecular weight is 326 g/mol. The molecule has 2 aromatic heterocycles. The Morgan fingerprint density at radius 3 is 2.79 bits per heavy atom. The second kappa shape index (κ2) is 6.32. The predicted molar refractivity (Wildman–Crippen MR) is 88.4 cm³/mol. The molecular formula is C17H22N6O. The van der Waals surface area contributed by atoms with Gasteiger partial charge in [-0.1, -0.05) is 6.42 Å². The standard InChI is InChI=1S/C17H22N6O/c18-14-6-11-2-1-3-12(7-14)16(11)22-17(24)13-4-5-20-15(8-13)23-10-19-9-21-23/h4-5,8-12,14,16H,1-3,6-7,18H2,(H,22,24). The molecule has 0 aromatic carbocycles. The third kappa shape index (κ3) is 2.91. The van der Waals surface area contributed by atoms with E-state index in [4.69, 9.17) is 5.73 Å². The lowest BCUT2D eigenvalue weighted by Crippen LogP contribution is -2.53. The number of nitrogens with one attached hydrogen (secondary N) is 1. The minimum Gasteiger partial charge on any atom is -0.349 e. The maximum Gasteiger partial charge on any atom is 0.251 e. The van der Waals surface area contributed by atoms with Crippen LogP contribution >= 0.6 is 0 Å². The Morgan fingerprint density at radius 2 is 2.08 bits per heavy atom. The van der Waals surface area contributed by atoms with Crippen LogP contribution in [0, 0.1) is 11.8 Å². The zero-order valence-electron chi connectivity index (χ0n) is 13.5. The third-order valence-corrected chi connectivity index (χ3v) is 5.34. The van der Waals surface area contributed by atoms with Gasteiger partial charge in [-0.05, 0) is 49.7 Å². The topological polar surface area (TPSA) is 98.7 Å². The van der Waals surface area contributed by atoms with E-state index < -0.39 is 0 Å². The molecule has 1 amide bonds. The molecule has 3 N–H and O–H groups in total. The summed E-state index contributed by atoms with van der Waals surface area (Å²) in [6.07, 6.45) is 10.2. The van der Waals surface area contributed by atoms with E-state index in [9.17, 15) is 4.79 Å². The number of carbonyl (C=O) groups is 1. The molecule has 7 heteroatoms. The van der Waals surface area contributed by atoms with Crippen molar-refractivity contribution in [2.24, 2.45) is 17.6 Å². The van der Waals surface area contributed by atoms with Crippen LogP contribution in [-0.4, -0.2) is 37.7 Å². The number of fused-ring (bicyclic) bond motifs is 2. The first-order valence-electron chi connectivity index (χ1n) is 8.58. The van der Waals surface area contributed by atoms with Crippen LogP contribution in [0.1, 0.15) is 42.5 Å². The summed E-state index contributed by atoms with van der Waals surface area (Å²) >= 11 is 0. The van der Waals surface area contributed by atoms with Gasteiger partial charge in [0.15, 0.2) is 5.82 Å². The summed E-state index contributed by atoms with van der Waals surface area (Å²) in [7, 11) is 0. The van der Waals surface area contributed by atoms with Gasteiger partial charge in [-0.3, -0.25) is 4.79 Å². The van der Waals surface area contributed by atoms with E-state index in [2.05, 4.69) is 20.4 Å². The number of hydrogen-bond donors (Lipinski definition) is 2. The lowest BCUT2D eigenvalue weighted by molar-refractivity contribution is 0.0756. The Balaban J connectivity index is 1.51. The lowest BCUT2D eigenvalue weighted by Gasteiger charge is -2.45. The quantitative estimate of drug-likeness (QED) is 0.886. The first kappa shape index (κ1) is 15.3. The van der Waals surface area contributed by atoms with Crippen LogP contribution in [0.3, 0.4) is 0 Å². The summed E-state index contributed by atoms with van der Waals surface area (Å²) in [5.41, 5.74) is 6.77. The molecule has 2 fully saturated rings. The molecule has 4 rings (SSSR count). The SMILES string of the molecule is NC1CC2CCCC(C1)C2NC(=O)c1ccnc(-n2cncn2)c1. The number of aromatic nitrogens is 4. The molecule has 2 heterocycles. The number of nitrogens with zero attached hydrogens (tertiary/aromatic N) is 4. The summed E-state index contributed by atoms with van der Waals surface area (Å²) in [5.74, 6) is 1.56. The van der Waals surface area contributed by atoms with Crippen molar-refractivity contribution in [3.05, 3.63) is 36.5 Å². The fraction of sp³-hybridized carbons (Fsp3) is 0.529. The van der Waals surface area contributed by atoms with Gasteiger partial charge >= 0.3 is 0 Å². The molecule has 0 aliphatic heterocycles. The van der Waals surface area contributed by atoms with Gasteiger partial charge in [-0.25, -0.2) is 14.6 Å². The number of carbonyl (C=O) groups excluding carboxylic acids is 1. The first-order chi connectivity index (χ1) is 11.7. The van der Waals surface area contributed by atoms with E-state index in [1.807, 2.05) is 0 Å².